The van der Waals surface area contributed by atoms with Crippen molar-refractivity contribution in [2.24, 2.45) is 0 Å². The SMILES string of the molecule is CC(=O)Nc1ccc(NC(=O)CS(=O)(=O)c2cn(CC(=O)N(C(C)C)C(C)C)c3ccccc23)cc1. The molecule has 0 bridgehead atoms. The fraction of sp³-hybridized carbons (Fsp3) is 0.346. The molecule has 3 rings (SSSR count). The second-order valence-electron chi connectivity index (χ2n) is 9.19. The lowest BCUT2D eigenvalue weighted by Crippen LogP contribution is -2.43. The summed E-state index contributed by atoms with van der Waals surface area (Å²) < 4.78 is 28.1. The number of rotatable bonds is 9. The summed E-state index contributed by atoms with van der Waals surface area (Å²) >= 11 is 0. The van der Waals surface area contributed by atoms with E-state index < -0.39 is 21.5 Å². The van der Waals surface area contributed by atoms with E-state index in [0.717, 1.165) is 0 Å². The molecule has 0 fully saturated rings. The Labute approximate surface area is 211 Å². The van der Waals surface area contributed by atoms with Crippen molar-refractivity contribution in [1.29, 1.82) is 0 Å². The second-order valence-corrected chi connectivity index (χ2v) is 11.2. The number of amides is 3. The van der Waals surface area contributed by atoms with Gasteiger partial charge in [0.2, 0.25) is 17.7 Å². The Kier molecular flexibility index (Phi) is 8.19. The predicted molar refractivity (Wildman–Crippen MR) is 140 cm³/mol. The first-order valence-corrected chi connectivity index (χ1v) is 13.3. The average Bonchev–Trinajstić information content (AvgIpc) is 3.13. The second kappa shape index (κ2) is 10.9. The molecule has 2 N–H and O–H groups in total. The number of carbonyl (C=O) groups excluding carboxylic acids is 3. The summed E-state index contributed by atoms with van der Waals surface area (Å²) in [5, 5.41) is 5.65. The Morgan fingerprint density at radius 2 is 1.44 bits per heavy atom. The molecule has 9 nitrogen and oxygen atoms in total. The monoisotopic (exact) mass is 512 g/mol. The van der Waals surface area contributed by atoms with Crippen molar-refractivity contribution < 1.29 is 22.8 Å². The summed E-state index contributed by atoms with van der Waals surface area (Å²) in [5.74, 6) is -1.79. The molecule has 0 saturated carbocycles. The van der Waals surface area contributed by atoms with E-state index in [-0.39, 0.29) is 35.3 Å². The van der Waals surface area contributed by atoms with Crippen LogP contribution in [0, 0.1) is 0 Å². The zero-order valence-corrected chi connectivity index (χ0v) is 21.9. The molecule has 0 aliphatic carbocycles. The molecule has 0 radical (unpaired) electrons. The fourth-order valence-corrected chi connectivity index (χ4v) is 5.65. The van der Waals surface area contributed by atoms with Gasteiger partial charge in [0.25, 0.3) is 0 Å². The van der Waals surface area contributed by atoms with Crippen LogP contribution >= 0.6 is 0 Å². The Morgan fingerprint density at radius 3 is 2.00 bits per heavy atom. The van der Waals surface area contributed by atoms with E-state index in [4.69, 9.17) is 0 Å². The van der Waals surface area contributed by atoms with Crippen molar-refractivity contribution in [1.82, 2.24) is 9.47 Å². The molecule has 36 heavy (non-hydrogen) atoms. The Bertz CT molecular complexity index is 1370. The molecule has 0 aliphatic rings. The highest BCUT2D eigenvalue weighted by molar-refractivity contribution is 7.92. The molecule has 0 unspecified atom stereocenters. The molecule has 0 aliphatic heterocycles. The van der Waals surface area contributed by atoms with Gasteiger partial charge in [-0.2, -0.15) is 0 Å². The first-order valence-electron chi connectivity index (χ1n) is 11.7. The van der Waals surface area contributed by atoms with Crippen LogP contribution in [-0.4, -0.2) is 53.4 Å². The number of para-hydroxylation sites is 1. The van der Waals surface area contributed by atoms with E-state index in [1.165, 1.54) is 13.1 Å². The third-order valence-electron chi connectivity index (χ3n) is 5.60. The quantitative estimate of drug-likeness (QED) is 0.454. The van der Waals surface area contributed by atoms with Crippen molar-refractivity contribution in [3.05, 3.63) is 54.7 Å². The molecule has 0 atom stereocenters. The van der Waals surface area contributed by atoms with Gasteiger partial charge in [-0.05, 0) is 58.0 Å². The van der Waals surface area contributed by atoms with Crippen molar-refractivity contribution >= 4 is 49.8 Å². The minimum Gasteiger partial charge on any atom is -0.337 e. The van der Waals surface area contributed by atoms with E-state index in [0.29, 0.717) is 22.3 Å². The van der Waals surface area contributed by atoms with Crippen molar-refractivity contribution in [2.75, 3.05) is 16.4 Å². The Hall–Kier alpha value is -3.66. The van der Waals surface area contributed by atoms with Crippen LogP contribution in [0.4, 0.5) is 11.4 Å². The summed E-state index contributed by atoms with van der Waals surface area (Å²) in [7, 11) is -4.01. The lowest BCUT2D eigenvalue weighted by molar-refractivity contribution is -0.135. The molecule has 1 aromatic heterocycles. The minimum absolute atomic E-state index is 0.00136. The van der Waals surface area contributed by atoms with Gasteiger partial charge in [-0.1, -0.05) is 18.2 Å². The number of nitrogens with zero attached hydrogens (tertiary/aromatic N) is 2. The first-order chi connectivity index (χ1) is 16.9. The number of anilines is 2. The van der Waals surface area contributed by atoms with E-state index in [1.54, 1.807) is 58.0 Å². The van der Waals surface area contributed by atoms with Crippen molar-refractivity contribution in [3.8, 4) is 0 Å². The lowest BCUT2D eigenvalue weighted by atomic mass is 10.2. The molecule has 1 heterocycles. The maximum absolute atomic E-state index is 13.3. The molecular formula is C26H32N4O5S. The number of aromatic nitrogens is 1. The predicted octanol–water partition coefficient (Wildman–Crippen LogP) is 3.66. The molecular weight excluding hydrogens is 480 g/mol. The number of fused-ring (bicyclic) bond motifs is 1. The van der Waals surface area contributed by atoms with Crippen LogP contribution in [0.3, 0.4) is 0 Å². The van der Waals surface area contributed by atoms with E-state index in [1.807, 2.05) is 27.7 Å². The lowest BCUT2D eigenvalue weighted by Gasteiger charge is -2.31. The van der Waals surface area contributed by atoms with Crippen molar-refractivity contribution in [3.63, 3.8) is 0 Å². The number of sulfone groups is 1. The number of nitrogens with one attached hydrogen (secondary N) is 2. The van der Waals surface area contributed by atoms with Gasteiger partial charge in [0.1, 0.15) is 12.3 Å². The van der Waals surface area contributed by atoms with Gasteiger partial charge < -0.3 is 20.1 Å². The van der Waals surface area contributed by atoms with Gasteiger partial charge in [-0.3, -0.25) is 14.4 Å². The van der Waals surface area contributed by atoms with Crippen LogP contribution in [0.25, 0.3) is 10.9 Å². The zero-order valence-electron chi connectivity index (χ0n) is 21.1. The molecule has 10 heteroatoms. The Morgan fingerprint density at radius 1 is 0.889 bits per heavy atom. The van der Waals surface area contributed by atoms with E-state index in [2.05, 4.69) is 10.6 Å². The van der Waals surface area contributed by atoms with Crippen LogP contribution < -0.4 is 10.6 Å². The highest BCUT2D eigenvalue weighted by Gasteiger charge is 2.26. The smallest absolute Gasteiger partial charge is 0.242 e. The number of carbonyl (C=O) groups is 3. The number of hydrogen-bond acceptors (Lipinski definition) is 5. The fourth-order valence-electron chi connectivity index (χ4n) is 4.28. The minimum atomic E-state index is -4.01. The van der Waals surface area contributed by atoms with Crippen LogP contribution in [0.2, 0.25) is 0 Å². The molecule has 3 aromatic rings. The summed E-state index contributed by atoms with van der Waals surface area (Å²) in [6.45, 7) is 9.12. The third kappa shape index (κ3) is 6.31. The normalized spacial score (nSPS) is 11.6. The summed E-state index contributed by atoms with van der Waals surface area (Å²) in [6.07, 6.45) is 1.44. The van der Waals surface area contributed by atoms with Crippen molar-refractivity contribution in [2.45, 2.75) is 58.1 Å². The largest absolute Gasteiger partial charge is 0.337 e. The summed E-state index contributed by atoms with van der Waals surface area (Å²) in [5.41, 5.74) is 1.56. The van der Waals surface area contributed by atoms with Gasteiger partial charge in [0.05, 0.1) is 4.90 Å². The van der Waals surface area contributed by atoms with Gasteiger partial charge in [0, 0.05) is 47.5 Å². The maximum Gasteiger partial charge on any atom is 0.242 e. The van der Waals surface area contributed by atoms with Crippen LogP contribution in [0.1, 0.15) is 34.6 Å². The van der Waals surface area contributed by atoms with Gasteiger partial charge >= 0.3 is 0 Å². The summed E-state index contributed by atoms with van der Waals surface area (Å²) in [4.78, 5) is 38.5. The van der Waals surface area contributed by atoms with Crippen LogP contribution in [0.15, 0.2) is 59.6 Å². The molecule has 192 valence electrons. The van der Waals surface area contributed by atoms with E-state index in [9.17, 15) is 22.8 Å². The van der Waals surface area contributed by atoms with Crippen LogP contribution in [-0.2, 0) is 30.8 Å². The van der Waals surface area contributed by atoms with Gasteiger partial charge in [0.15, 0.2) is 9.84 Å². The molecule has 2 aromatic carbocycles. The topological polar surface area (TPSA) is 118 Å². The molecule has 3 amide bonds. The van der Waals surface area contributed by atoms with E-state index >= 15 is 0 Å². The average molecular weight is 513 g/mol. The molecule has 0 spiro atoms. The number of benzene rings is 2. The van der Waals surface area contributed by atoms with Gasteiger partial charge in [-0.25, -0.2) is 8.42 Å². The summed E-state index contributed by atoms with van der Waals surface area (Å²) in [6, 6.07) is 13.3. The van der Waals surface area contributed by atoms with Gasteiger partial charge in [-0.15, -0.1) is 0 Å². The highest BCUT2D eigenvalue weighted by atomic mass is 32.2. The zero-order chi connectivity index (χ0) is 26.6. The Balaban J connectivity index is 1.83. The molecule has 0 saturated heterocycles. The number of hydrogen-bond donors (Lipinski definition) is 2. The first kappa shape index (κ1) is 26.9. The standard InChI is InChI=1S/C26H32N4O5S/c1-17(2)30(18(3)4)26(33)15-29-14-24(22-8-6-7-9-23(22)29)36(34,35)16-25(32)28-21-12-10-20(11-13-21)27-19(5)31/h6-14,17-18H,15-16H2,1-5H3,(H,27,31)(H,28,32). The third-order valence-corrected chi connectivity index (χ3v) is 7.24. The highest BCUT2D eigenvalue weighted by Crippen LogP contribution is 2.27. The maximum atomic E-state index is 13.3. The van der Waals surface area contributed by atoms with Crippen LogP contribution in [0.5, 0.6) is 0 Å².